The number of nitrogens with one attached hydrogen (secondary N) is 1. The van der Waals surface area contributed by atoms with Crippen molar-refractivity contribution in [3.05, 3.63) is 29.8 Å². The average Bonchev–Trinajstić information content (AvgIpc) is 3.33. The van der Waals surface area contributed by atoms with Crippen LogP contribution in [0.5, 0.6) is 0 Å². The smallest absolute Gasteiger partial charge is 0.169 e. The lowest BCUT2D eigenvalue weighted by atomic mass is 9.72. The van der Waals surface area contributed by atoms with Crippen molar-refractivity contribution in [1.29, 1.82) is 0 Å². The monoisotopic (exact) mass is 330 g/mol. The van der Waals surface area contributed by atoms with E-state index in [4.69, 9.17) is 4.74 Å². The Balaban J connectivity index is 1.56. The minimum absolute atomic E-state index is 0.0976. The van der Waals surface area contributed by atoms with E-state index < -0.39 is 11.3 Å². The number of epoxide rings is 1. The van der Waals surface area contributed by atoms with Gasteiger partial charge >= 0.3 is 0 Å². The maximum atomic E-state index is 11.5. The van der Waals surface area contributed by atoms with E-state index in [1.165, 1.54) is 0 Å². The third kappa shape index (κ3) is 1.84. The van der Waals surface area contributed by atoms with E-state index >= 15 is 0 Å². The first kappa shape index (κ1) is 15.1. The molecule has 1 unspecified atom stereocenters. The van der Waals surface area contributed by atoms with Gasteiger partial charge in [0, 0.05) is 36.3 Å². The van der Waals surface area contributed by atoms with Gasteiger partial charge in [0.2, 0.25) is 0 Å². The number of piperidine rings is 1. The maximum absolute atomic E-state index is 11.5. The quantitative estimate of drug-likeness (QED) is 0.683. The molecule has 0 radical (unpaired) electrons. The van der Waals surface area contributed by atoms with Gasteiger partial charge in [-0.1, -0.05) is 25.1 Å². The maximum Gasteiger partial charge on any atom is 0.169 e. The van der Waals surface area contributed by atoms with E-state index in [0.29, 0.717) is 25.0 Å². The van der Waals surface area contributed by atoms with Crippen LogP contribution in [-0.4, -0.2) is 52.7 Å². The lowest BCUT2D eigenvalue weighted by Gasteiger charge is -2.40. The minimum Gasteiger partial charge on any atom is -0.380 e. The summed E-state index contributed by atoms with van der Waals surface area (Å²) in [4.78, 5) is 2.43. The predicted molar refractivity (Wildman–Crippen MR) is 90.6 cm³/mol. The molecule has 0 aromatic heterocycles. The summed E-state index contributed by atoms with van der Waals surface area (Å²) >= 11 is 0. The molecule has 3 N–H and O–H groups in total. The van der Waals surface area contributed by atoms with Gasteiger partial charge in [0.05, 0.1) is 12.2 Å². The zero-order valence-electron chi connectivity index (χ0n) is 14.2. The van der Waals surface area contributed by atoms with Crippen molar-refractivity contribution in [2.75, 3.05) is 25.0 Å². The molecule has 0 aliphatic carbocycles. The van der Waals surface area contributed by atoms with Crippen molar-refractivity contribution in [2.45, 2.75) is 56.1 Å². The zero-order valence-corrected chi connectivity index (χ0v) is 14.2. The van der Waals surface area contributed by atoms with Crippen LogP contribution in [0.15, 0.2) is 24.3 Å². The molecule has 4 aliphatic rings. The number of para-hydroxylation sites is 1. The van der Waals surface area contributed by atoms with Crippen molar-refractivity contribution in [3.8, 4) is 0 Å². The molecular formula is C19H26N2O3. The Hall–Kier alpha value is -1.14. The fourth-order valence-corrected chi connectivity index (χ4v) is 5.42. The third-order valence-corrected chi connectivity index (χ3v) is 7.04. The number of hydrogen-bond donors (Lipinski definition) is 3. The molecule has 24 heavy (non-hydrogen) atoms. The van der Waals surface area contributed by atoms with Crippen LogP contribution in [0.25, 0.3) is 0 Å². The molecule has 0 amide bonds. The predicted octanol–water partition coefficient (Wildman–Crippen LogP) is 1.65. The Kier molecular flexibility index (Phi) is 2.98. The first-order valence-electron chi connectivity index (χ1n) is 9.20. The Labute approximate surface area is 142 Å². The highest BCUT2D eigenvalue weighted by Gasteiger charge is 2.62. The summed E-state index contributed by atoms with van der Waals surface area (Å²) in [6.45, 7) is 4.98. The molecule has 4 aliphatic heterocycles. The number of aliphatic hydroxyl groups is 2. The molecule has 5 nitrogen and oxygen atoms in total. The molecule has 1 aromatic carbocycles. The van der Waals surface area contributed by atoms with Crippen LogP contribution in [0.3, 0.4) is 0 Å². The van der Waals surface area contributed by atoms with Gasteiger partial charge in [0.25, 0.3) is 0 Å². The van der Waals surface area contributed by atoms with Crippen molar-refractivity contribution in [3.63, 3.8) is 0 Å². The lowest BCUT2D eigenvalue weighted by Crippen LogP contribution is -2.53. The van der Waals surface area contributed by atoms with Crippen LogP contribution < -0.4 is 5.32 Å². The van der Waals surface area contributed by atoms with Gasteiger partial charge in [-0.3, -0.25) is 4.90 Å². The van der Waals surface area contributed by atoms with Gasteiger partial charge in [0.1, 0.15) is 5.60 Å². The summed E-state index contributed by atoms with van der Waals surface area (Å²) in [7, 11) is 0. The Morgan fingerprint density at radius 1 is 1.25 bits per heavy atom. The van der Waals surface area contributed by atoms with Crippen LogP contribution in [0, 0.1) is 5.41 Å². The Bertz CT molecular complexity index is 682. The summed E-state index contributed by atoms with van der Waals surface area (Å²) in [5, 5.41) is 26.2. The highest BCUT2D eigenvalue weighted by Crippen LogP contribution is 2.55. The molecule has 130 valence electrons. The lowest BCUT2D eigenvalue weighted by molar-refractivity contribution is -0.143. The van der Waals surface area contributed by atoms with E-state index in [-0.39, 0.29) is 5.41 Å². The molecule has 5 rings (SSSR count). The molecule has 4 heterocycles. The number of anilines is 1. The molecule has 5 heteroatoms. The third-order valence-electron chi connectivity index (χ3n) is 7.04. The molecule has 3 saturated heterocycles. The van der Waals surface area contributed by atoms with Crippen molar-refractivity contribution >= 4 is 5.69 Å². The molecule has 1 aromatic rings. The largest absolute Gasteiger partial charge is 0.380 e. The van der Waals surface area contributed by atoms with E-state index in [1.807, 2.05) is 24.3 Å². The fraction of sp³-hybridized carbons (Fsp3) is 0.684. The number of nitrogens with zero attached hydrogens (tertiary/aromatic N) is 1. The van der Waals surface area contributed by atoms with E-state index in [2.05, 4.69) is 17.1 Å². The van der Waals surface area contributed by atoms with Crippen LogP contribution in [0.2, 0.25) is 0 Å². The molecule has 6 atom stereocenters. The molecule has 0 saturated carbocycles. The molecule has 3 fully saturated rings. The Morgan fingerprint density at radius 3 is 2.92 bits per heavy atom. The van der Waals surface area contributed by atoms with Gasteiger partial charge in [-0.25, -0.2) is 0 Å². The first-order chi connectivity index (χ1) is 11.5. The number of ether oxygens (including phenoxy) is 1. The summed E-state index contributed by atoms with van der Waals surface area (Å²) < 4.78 is 5.96. The van der Waals surface area contributed by atoms with Crippen LogP contribution >= 0.6 is 0 Å². The van der Waals surface area contributed by atoms with Crippen molar-refractivity contribution in [1.82, 2.24) is 4.90 Å². The second kappa shape index (κ2) is 4.73. The summed E-state index contributed by atoms with van der Waals surface area (Å²) in [5.41, 5.74) is -0.755. The van der Waals surface area contributed by atoms with Gasteiger partial charge in [-0.05, 0) is 31.7 Å². The van der Waals surface area contributed by atoms with Crippen molar-refractivity contribution < 1.29 is 14.9 Å². The average molecular weight is 330 g/mol. The Morgan fingerprint density at radius 2 is 2.08 bits per heavy atom. The topological polar surface area (TPSA) is 68.3 Å². The normalized spacial score (nSPS) is 48.9. The second-order valence-corrected chi connectivity index (χ2v) is 8.19. The van der Waals surface area contributed by atoms with E-state index in [0.717, 1.165) is 43.7 Å². The standard InChI is InChI=1S/C19H26N2O3/c1-2-17-7-8-19(23)18(22,13-5-3-4-6-14(13)20-19)9-10-21(12-17)11-15-16(17)24-15/h3-6,15-16,20,22-23H,2,7-12H2,1H3/t15-,16-,17+,18+,19+/m1/s1. The molecule has 0 spiro atoms. The van der Waals surface area contributed by atoms with Gasteiger partial charge in [-0.15, -0.1) is 0 Å². The summed E-state index contributed by atoms with van der Waals surface area (Å²) in [5.74, 6) is 0. The van der Waals surface area contributed by atoms with E-state index in [9.17, 15) is 10.2 Å². The fourth-order valence-electron chi connectivity index (χ4n) is 5.42. The number of hydrogen-bond acceptors (Lipinski definition) is 5. The zero-order chi connectivity index (χ0) is 16.6. The summed E-state index contributed by atoms with van der Waals surface area (Å²) in [6.07, 6.45) is 3.66. The van der Waals surface area contributed by atoms with Crippen LogP contribution in [-0.2, 0) is 10.3 Å². The van der Waals surface area contributed by atoms with Gasteiger partial charge < -0.3 is 20.3 Å². The van der Waals surface area contributed by atoms with E-state index in [1.54, 1.807) is 0 Å². The number of fused-ring (bicyclic) bond motifs is 7. The SMILES string of the molecule is CC[C@@]12CC[C@@]3(O)Nc4ccccc4[C@@]3(O)CCN(C[C@H]3O[C@H]31)C2. The van der Waals surface area contributed by atoms with Crippen molar-refractivity contribution in [2.24, 2.45) is 5.41 Å². The van der Waals surface area contributed by atoms with Gasteiger partial charge in [-0.2, -0.15) is 0 Å². The second-order valence-electron chi connectivity index (χ2n) is 8.19. The number of rotatable bonds is 1. The highest BCUT2D eigenvalue weighted by molar-refractivity contribution is 5.62. The summed E-state index contributed by atoms with van der Waals surface area (Å²) in [6, 6.07) is 7.76. The first-order valence-corrected chi connectivity index (χ1v) is 9.20. The minimum atomic E-state index is -1.30. The van der Waals surface area contributed by atoms with Gasteiger partial charge in [0.15, 0.2) is 5.72 Å². The number of benzene rings is 1. The highest BCUT2D eigenvalue weighted by atomic mass is 16.6. The molecular weight excluding hydrogens is 304 g/mol. The molecule has 2 bridgehead atoms. The van der Waals surface area contributed by atoms with Crippen LogP contribution in [0.1, 0.15) is 38.2 Å². The van der Waals surface area contributed by atoms with Crippen LogP contribution in [0.4, 0.5) is 5.69 Å².